The first-order valence-electron chi connectivity index (χ1n) is 9.83. The molecular weight excluding hydrogens is 389 g/mol. The monoisotopic (exact) mass is 415 g/mol. The third-order valence-corrected chi connectivity index (χ3v) is 4.78. The number of aliphatic hydroxyl groups excluding tert-OH is 1. The second kappa shape index (κ2) is 9.69. The highest BCUT2D eigenvalue weighted by Crippen LogP contribution is 2.30. The van der Waals surface area contributed by atoms with Crippen molar-refractivity contribution in [2.45, 2.75) is 26.0 Å². The summed E-state index contributed by atoms with van der Waals surface area (Å²) in [6.07, 6.45) is -0.457. The van der Waals surface area contributed by atoms with Crippen LogP contribution < -0.4 is 10.6 Å². The van der Waals surface area contributed by atoms with E-state index in [0.29, 0.717) is 17.9 Å². The predicted molar refractivity (Wildman–Crippen MR) is 112 cm³/mol. The first-order valence-corrected chi connectivity index (χ1v) is 9.83. The lowest BCUT2D eigenvalue weighted by molar-refractivity contribution is -0.161. The number of rotatable bonds is 6. The van der Waals surface area contributed by atoms with E-state index in [1.165, 1.54) is 18.2 Å². The smallest absolute Gasteiger partial charge is 0.323 e. The summed E-state index contributed by atoms with van der Waals surface area (Å²) < 4.78 is 18.9. The molecule has 8 heteroatoms. The number of hydrogen-bond donors (Lipinski definition) is 3. The Kier molecular flexibility index (Phi) is 7.02. The maximum atomic E-state index is 13.2. The third-order valence-electron chi connectivity index (χ3n) is 4.78. The molecule has 2 atom stereocenters. The second-order valence-electron chi connectivity index (χ2n) is 7.63. The summed E-state index contributed by atoms with van der Waals surface area (Å²) in [7, 11) is 0. The molecule has 0 unspecified atom stereocenters. The zero-order valence-corrected chi connectivity index (χ0v) is 17.0. The quantitative estimate of drug-likeness (QED) is 0.675. The Balaban J connectivity index is 1.66. The lowest BCUT2D eigenvalue weighted by Gasteiger charge is -2.41. The molecule has 1 saturated heterocycles. The standard InChI is InChI=1S/C22H26FN3O4/c1-14(2)11-26-19(12-27)21(30-13-20(26)28)15-6-8-17(9-7-15)24-22(29)25-18-5-3-4-16(23)10-18/h3-10,14,19,21,27H,11-13H2,1-2H3,(H2,24,25,29)/t19-,21-/m1/s1. The normalized spacial score (nSPS) is 19.1. The second-order valence-corrected chi connectivity index (χ2v) is 7.63. The van der Waals surface area contributed by atoms with Crippen LogP contribution in [0.25, 0.3) is 0 Å². The van der Waals surface area contributed by atoms with Crippen molar-refractivity contribution in [3.63, 3.8) is 0 Å². The SMILES string of the molecule is CC(C)CN1C(=O)CO[C@H](c2ccc(NC(=O)Nc3cccc(F)c3)cc2)[C@H]1CO. The molecule has 3 rings (SSSR count). The first kappa shape index (κ1) is 21.7. The van der Waals surface area contributed by atoms with E-state index in [1.54, 1.807) is 35.2 Å². The summed E-state index contributed by atoms with van der Waals surface area (Å²) >= 11 is 0. The summed E-state index contributed by atoms with van der Waals surface area (Å²) in [4.78, 5) is 26.0. The summed E-state index contributed by atoms with van der Waals surface area (Å²) in [6, 6.07) is 11.6. The van der Waals surface area contributed by atoms with Gasteiger partial charge in [-0.3, -0.25) is 4.79 Å². The molecule has 1 aliphatic heterocycles. The maximum Gasteiger partial charge on any atom is 0.323 e. The molecular formula is C22H26FN3O4. The summed E-state index contributed by atoms with van der Waals surface area (Å²) in [6.45, 7) is 4.33. The van der Waals surface area contributed by atoms with Gasteiger partial charge < -0.3 is 25.4 Å². The number of nitrogens with one attached hydrogen (secondary N) is 2. The molecule has 2 aromatic rings. The van der Waals surface area contributed by atoms with Crippen LogP contribution in [0.5, 0.6) is 0 Å². The molecule has 0 bridgehead atoms. The zero-order chi connectivity index (χ0) is 21.7. The lowest BCUT2D eigenvalue weighted by atomic mass is 9.98. The largest absolute Gasteiger partial charge is 0.394 e. The van der Waals surface area contributed by atoms with Gasteiger partial charge in [-0.1, -0.05) is 32.0 Å². The molecule has 0 aliphatic carbocycles. The van der Waals surface area contributed by atoms with Crippen molar-refractivity contribution in [3.8, 4) is 0 Å². The molecule has 30 heavy (non-hydrogen) atoms. The third kappa shape index (κ3) is 5.34. The maximum absolute atomic E-state index is 13.2. The fourth-order valence-corrected chi connectivity index (χ4v) is 3.46. The summed E-state index contributed by atoms with van der Waals surface area (Å²) in [5.74, 6) is -0.302. The van der Waals surface area contributed by atoms with Gasteiger partial charge in [-0.05, 0) is 41.8 Å². The van der Waals surface area contributed by atoms with Gasteiger partial charge in [-0.15, -0.1) is 0 Å². The summed E-state index contributed by atoms with van der Waals surface area (Å²) in [5.41, 5.74) is 1.69. The molecule has 160 valence electrons. The number of halogens is 1. The van der Waals surface area contributed by atoms with Crippen LogP contribution >= 0.6 is 0 Å². The van der Waals surface area contributed by atoms with E-state index >= 15 is 0 Å². The van der Waals surface area contributed by atoms with Crippen molar-refractivity contribution in [3.05, 3.63) is 59.9 Å². The lowest BCUT2D eigenvalue weighted by Crippen LogP contribution is -2.53. The van der Waals surface area contributed by atoms with E-state index in [0.717, 1.165) is 5.56 Å². The molecule has 3 N–H and O–H groups in total. The Bertz CT molecular complexity index is 888. The number of urea groups is 1. The number of benzene rings is 2. The minimum absolute atomic E-state index is 0.0378. The number of aliphatic hydroxyl groups is 1. The molecule has 7 nitrogen and oxygen atoms in total. The average molecular weight is 415 g/mol. The van der Waals surface area contributed by atoms with Gasteiger partial charge >= 0.3 is 6.03 Å². The van der Waals surface area contributed by atoms with E-state index < -0.39 is 24.0 Å². The Morgan fingerprint density at radius 3 is 2.53 bits per heavy atom. The van der Waals surface area contributed by atoms with E-state index in [4.69, 9.17) is 4.74 Å². The number of carbonyl (C=O) groups excluding carboxylic acids is 2. The minimum atomic E-state index is -0.496. The average Bonchev–Trinajstić information content (AvgIpc) is 2.69. The van der Waals surface area contributed by atoms with Crippen LogP contribution in [-0.2, 0) is 9.53 Å². The number of morpholine rings is 1. The first-order chi connectivity index (χ1) is 14.4. The van der Waals surface area contributed by atoms with Gasteiger partial charge in [-0.2, -0.15) is 0 Å². The molecule has 1 heterocycles. The van der Waals surface area contributed by atoms with E-state index in [-0.39, 0.29) is 25.0 Å². The fourth-order valence-electron chi connectivity index (χ4n) is 3.46. The van der Waals surface area contributed by atoms with Crippen LogP contribution in [-0.4, -0.2) is 47.7 Å². The minimum Gasteiger partial charge on any atom is -0.394 e. The van der Waals surface area contributed by atoms with Crippen LogP contribution in [0.3, 0.4) is 0 Å². The van der Waals surface area contributed by atoms with E-state index in [1.807, 2.05) is 13.8 Å². The molecule has 0 spiro atoms. The van der Waals surface area contributed by atoms with Crippen LogP contribution in [0.2, 0.25) is 0 Å². The molecule has 1 fully saturated rings. The van der Waals surface area contributed by atoms with Gasteiger partial charge in [0.15, 0.2) is 0 Å². The molecule has 1 aliphatic rings. The van der Waals surface area contributed by atoms with Crippen molar-refractivity contribution in [2.24, 2.45) is 5.92 Å². The number of carbonyl (C=O) groups is 2. The molecule has 0 radical (unpaired) electrons. The number of hydrogen-bond acceptors (Lipinski definition) is 4. The number of ether oxygens (including phenoxy) is 1. The molecule has 0 saturated carbocycles. The van der Waals surface area contributed by atoms with Crippen molar-refractivity contribution in [1.82, 2.24) is 4.90 Å². The molecule has 0 aromatic heterocycles. The van der Waals surface area contributed by atoms with Crippen LogP contribution in [0.1, 0.15) is 25.5 Å². The highest BCUT2D eigenvalue weighted by Gasteiger charge is 2.37. The van der Waals surface area contributed by atoms with Gasteiger partial charge in [0.1, 0.15) is 18.5 Å². The fraction of sp³-hybridized carbons (Fsp3) is 0.364. The van der Waals surface area contributed by atoms with Gasteiger partial charge in [0.25, 0.3) is 0 Å². The topological polar surface area (TPSA) is 90.9 Å². The summed E-state index contributed by atoms with van der Waals surface area (Å²) in [5, 5.41) is 15.1. The Labute approximate surface area is 174 Å². The van der Waals surface area contributed by atoms with Crippen molar-refractivity contribution >= 4 is 23.3 Å². The van der Waals surface area contributed by atoms with Crippen LogP contribution in [0.15, 0.2) is 48.5 Å². The molecule has 2 aromatic carbocycles. The Morgan fingerprint density at radius 1 is 1.20 bits per heavy atom. The van der Waals surface area contributed by atoms with Gasteiger partial charge in [-0.25, -0.2) is 9.18 Å². The highest BCUT2D eigenvalue weighted by atomic mass is 19.1. The Morgan fingerprint density at radius 2 is 1.90 bits per heavy atom. The molecule has 3 amide bonds. The number of amides is 3. The van der Waals surface area contributed by atoms with Crippen molar-refractivity contribution < 1.29 is 23.8 Å². The van der Waals surface area contributed by atoms with Crippen LogP contribution in [0.4, 0.5) is 20.6 Å². The van der Waals surface area contributed by atoms with Gasteiger partial charge in [0.05, 0.1) is 12.6 Å². The Hall–Kier alpha value is -2.97. The van der Waals surface area contributed by atoms with Gasteiger partial charge in [0.2, 0.25) is 5.91 Å². The van der Waals surface area contributed by atoms with Crippen molar-refractivity contribution in [1.29, 1.82) is 0 Å². The van der Waals surface area contributed by atoms with E-state index in [9.17, 15) is 19.1 Å². The van der Waals surface area contributed by atoms with Gasteiger partial charge in [0, 0.05) is 17.9 Å². The van der Waals surface area contributed by atoms with Crippen molar-refractivity contribution in [2.75, 3.05) is 30.4 Å². The number of anilines is 2. The zero-order valence-electron chi connectivity index (χ0n) is 17.0. The van der Waals surface area contributed by atoms with Crippen LogP contribution in [0, 0.1) is 11.7 Å². The predicted octanol–water partition coefficient (Wildman–Crippen LogP) is 3.39. The van der Waals surface area contributed by atoms with E-state index in [2.05, 4.69) is 10.6 Å². The number of nitrogens with zero attached hydrogens (tertiary/aromatic N) is 1. The highest BCUT2D eigenvalue weighted by molar-refractivity contribution is 5.99.